The van der Waals surface area contributed by atoms with Gasteiger partial charge in [-0.2, -0.15) is 0 Å². The van der Waals surface area contributed by atoms with E-state index in [2.05, 4.69) is 0 Å². The molecular weight excluding hydrogens is 382 g/mol. The molecule has 1 heterocycles. The van der Waals surface area contributed by atoms with Crippen LogP contribution in [0, 0.1) is 0 Å². The zero-order valence-corrected chi connectivity index (χ0v) is 16.1. The predicted octanol–water partition coefficient (Wildman–Crippen LogP) is 4.08. The number of rotatable bonds is 5. The molecule has 2 aromatic carbocycles. The lowest BCUT2D eigenvalue weighted by Crippen LogP contribution is -2.42. The maximum absolute atomic E-state index is 12.7. The Morgan fingerprint density at radius 2 is 1.86 bits per heavy atom. The minimum absolute atomic E-state index is 0.163. The summed E-state index contributed by atoms with van der Waals surface area (Å²) in [5.74, 6) is 0.477. The van der Waals surface area contributed by atoms with Crippen LogP contribution in [0.1, 0.15) is 15.9 Å². The number of carbonyl (C=O) groups is 2. The van der Waals surface area contributed by atoms with E-state index in [0.717, 1.165) is 5.56 Å². The number of methoxy groups -OCH3 is 1. The van der Waals surface area contributed by atoms with E-state index in [4.69, 9.17) is 25.8 Å². The number of para-hydroxylation sites is 1. The average Bonchev–Trinajstić information content (AvgIpc) is 2.74. The number of hydrogen-bond donors (Lipinski definition) is 0. The number of morpholine rings is 1. The lowest BCUT2D eigenvalue weighted by atomic mass is 10.1. The van der Waals surface area contributed by atoms with E-state index in [9.17, 15) is 9.59 Å². The van der Waals surface area contributed by atoms with Gasteiger partial charge in [0.1, 0.15) is 11.5 Å². The molecule has 0 radical (unpaired) electrons. The summed E-state index contributed by atoms with van der Waals surface area (Å²) in [5.41, 5.74) is 0.965. The minimum Gasteiger partial charge on any atom is -0.496 e. The van der Waals surface area contributed by atoms with E-state index in [-0.39, 0.29) is 17.1 Å². The maximum atomic E-state index is 12.7. The van der Waals surface area contributed by atoms with Crippen molar-refractivity contribution in [2.24, 2.45) is 0 Å². The van der Waals surface area contributed by atoms with Crippen LogP contribution >= 0.6 is 11.6 Å². The van der Waals surface area contributed by atoms with Gasteiger partial charge >= 0.3 is 6.09 Å². The van der Waals surface area contributed by atoms with E-state index in [1.807, 2.05) is 18.2 Å². The highest BCUT2D eigenvalue weighted by molar-refractivity contribution is 6.31. The fraction of sp³-hybridized carbons (Fsp3) is 0.238. The van der Waals surface area contributed by atoms with Crippen LogP contribution in [-0.4, -0.2) is 50.2 Å². The molecule has 0 saturated carbocycles. The highest BCUT2D eigenvalue weighted by Crippen LogP contribution is 2.26. The molecule has 0 unspecified atom stereocenters. The Balaban J connectivity index is 1.80. The third-order valence-corrected chi connectivity index (χ3v) is 4.46. The first-order valence-corrected chi connectivity index (χ1v) is 9.16. The molecule has 1 aliphatic heterocycles. The second-order valence-corrected chi connectivity index (χ2v) is 6.48. The first-order valence-electron chi connectivity index (χ1n) is 8.78. The first-order chi connectivity index (χ1) is 13.6. The van der Waals surface area contributed by atoms with Crippen molar-refractivity contribution in [2.45, 2.75) is 0 Å². The van der Waals surface area contributed by atoms with Gasteiger partial charge in [-0.15, -0.1) is 0 Å². The summed E-state index contributed by atoms with van der Waals surface area (Å²) in [6, 6.07) is 11.9. The lowest BCUT2D eigenvalue weighted by molar-refractivity contribution is 0.0415. The Morgan fingerprint density at radius 1 is 1.11 bits per heavy atom. The summed E-state index contributed by atoms with van der Waals surface area (Å²) >= 11 is 6.05. The van der Waals surface area contributed by atoms with Gasteiger partial charge in [0.25, 0.3) is 0 Å². The SMILES string of the molecule is COc1ccccc1/C=C/C(=O)c1cc(Cl)ccc1OC(=O)N1CCOCC1. The Morgan fingerprint density at radius 3 is 2.61 bits per heavy atom. The Kier molecular flexibility index (Phi) is 6.68. The number of carbonyl (C=O) groups excluding carboxylic acids is 2. The number of halogens is 1. The summed E-state index contributed by atoms with van der Waals surface area (Å²) in [4.78, 5) is 26.6. The molecule has 1 aliphatic rings. The lowest BCUT2D eigenvalue weighted by Gasteiger charge is -2.26. The van der Waals surface area contributed by atoms with Crippen LogP contribution in [-0.2, 0) is 4.74 Å². The van der Waals surface area contributed by atoms with E-state index in [1.54, 1.807) is 25.3 Å². The molecule has 2 aromatic rings. The number of nitrogens with zero attached hydrogens (tertiary/aromatic N) is 1. The number of hydrogen-bond acceptors (Lipinski definition) is 5. The highest BCUT2D eigenvalue weighted by Gasteiger charge is 2.21. The zero-order chi connectivity index (χ0) is 19.9. The predicted molar refractivity (Wildman–Crippen MR) is 106 cm³/mol. The molecular formula is C21H20ClNO5. The van der Waals surface area contributed by atoms with Gasteiger partial charge < -0.3 is 19.1 Å². The van der Waals surface area contributed by atoms with Crippen LogP contribution < -0.4 is 9.47 Å². The van der Waals surface area contributed by atoms with Crippen molar-refractivity contribution in [1.29, 1.82) is 0 Å². The third kappa shape index (κ3) is 4.91. The molecule has 1 amide bonds. The van der Waals surface area contributed by atoms with Crippen molar-refractivity contribution in [3.05, 3.63) is 64.7 Å². The second kappa shape index (κ2) is 9.39. The Hall–Kier alpha value is -2.83. The van der Waals surface area contributed by atoms with Crippen LogP contribution in [0.25, 0.3) is 6.08 Å². The quantitative estimate of drug-likeness (QED) is 0.558. The molecule has 1 saturated heterocycles. The third-order valence-electron chi connectivity index (χ3n) is 4.23. The number of allylic oxidation sites excluding steroid dienone is 1. The van der Waals surface area contributed by atoms with Crippen LogP contribution in [0.4, 0.5) is 4.79 Å². The van der Waals surface area contributed by atoms with Crippen molar-refractivity contribution in [3.8, 4) is 11.5 Å². The van der Waals surface area contributed by atoms with Gasteiger partial charge in [-0.25, -0.2) is 4.79 Å². The number of ketones is 1. The molecule has 6 nitrogen and oxygen atoms in total. The van der Waals surface area contributed by atoms with Crippen LogP contribution in [0.5, 0.6) is 11.5 Å². The molecule has 146 valence electrons. The van der Waals surface area contributed by atoms with Gasteiger partial charge in [-0.05, 0) is 36.4 Å². The van der Waals surface area contributed by atoms with E-state index in [1.165, 1.54) is 23.1 Å². The van der Waals surface area contributed by atoms with Gasteiger partial charge in [0, 0.05) is 23.7 Å². The summed E-state index contributed by atoms with van der Waals surface area (Å²) in [6.07, 6.45) is 2.53. The Labute approximate surface area is 168 Å². The molecule has 0 bridgehead atoms. The molecule has 0 aliphatic carbocycles. The van der Waals surface area contributed by atoms with Crippen molar-refractivity contribution in [1.82, 2.24) is 4.90 Å². The summed E-state index contributed by atoms with van der Waals surface area (Å²) in [7, 11) is 1.56. The molecule has 1 fully saturated rings. The molecule has 28 heavy (non-hydrogen) atoms. The van der Waals surface area contributed by atoms with Crippen molar-refractivity contribution in [3.63, 3.8) is 0 Å². The second-order valence-electron chi connectivity index (χ2n) is 6.05. The van der Waals surface area contributed by atoms with Crippen molar-refractivity contribution < 1.29 is 23.8 Å². The molecule has 7 heteroatoms. The van der Waals surface area contributed by atoms with Gasteiger partial charge in [0.2, 0.25) is 0 Å². The minimum atomic E-state index is -0.520. The van der Waals surface area contributed by atoms with Gasteiger partial charge in [0.05, 0.1) is 25.9 Å². The van der Waals surface area contributed by atoms with E-state index in [0.29, 0.717) is 37.1 Å². The monoisotopic (exact) mass is 401 g/mol. The maximum Gasteiger partial charge on any atom is 0.415 e. The van der Waals surface area contributed by atoms with Gasteiger partial charge in [-0.3, -0.25) is 4.79 Å². The van der Waals surface area contributed by atoms with Gasteiger partial charge in [-0.1, -0.05) is 29.8 Å². The normalized spacial score (nSPS) is 14.1. The topological polar surface area (TPSA) is 65.1 Å². The standard InChI is InChI=1S/C21H20ClNO5/c1-26-19-5-3-2-4-15(19)6-8-18(24)17-14-16(22)7-9-20(17)28-21(25)23-10-12-27-13-11-23/h2-9,14H,10-13H2,1H3/b8-6+. The average molecular weight is 402 g/mol. The van der Waals surface area contributed by atoms with Crippen LogP contribution in [0.2, 0.25) is 5.02 Å². The smallest absolute Gasteiger partial charge is 0.415 e. The Bertz CT molecular complexity index is 890. The summed E-state index contributed by atoms with van der Waals surface area (Å²) in [6.45, 7) is 1.82. The van der Waals surface area contributed by atoms with Gasteiger partial charge in [0.15, 0.2) is 5.78 Å². The zero-order valence-electron chi connectivity index (χ0n) is 15.4. The molecule has 0 aromatic heterocycles. The molecule has 0 N–H and O–H groups in total. The molecule has 3 rings (SSSR count). The van der Waals surface area contributed by atoms with Crippen molar-refractivity contribution in [2.75, 3.05) is 33.4 Å². The summed E-state index contributed by atoms with van der Waals surface area (Å²) < 4.78 is 16.0. The van der Waals surface area contributed by atoms with Crippen LogP contribution in [0.15, 0.2) is 48.5 Å². The fourth-order valence-corrected chi connectivity index (χ4v) is 2.92. The highest BCUT2D eigenvalue weighted by atomic mass is 35.5. The largest absolute Gasteiger partial charge is 0.496 e. The molecule has 0 atom stereocenters. The van der Waals surface area contributed by atoms with E-state index < -0.39 is 6.09 Å². The first kappa shape index (κ1) is 19.9. The van der Waals surface area contributed by atoms with E-state index >= 15 is 0 Å². The number of benzene rings is 2. The van der Waals surface area contributed by atoms with Crippen molar-refractivity contribution >= 4 is 29.6 Å². The fourth-order valence-electron chi connectivity index (χ4n) is 2.75. The van der Waals surface area contributed by atoms with Crippen LogP contribution in [0.3, 0.4) is 0 Å². The molecule has 0 spiro atoms. The number of amides is 1. The number of ether oxygens (including phenoxy) is 3. The summed E-state index contributed by atoms with van der Waals surface area (Å²) in [5, 5.41) is 0.375.